The number of hydrogen-bond acceptors (Lipinski definition) is 2. The van der Waals surface area contributed by atoms with Crippen molar-refractivity contribution >= 4 is 27.7 Å². The summed E-state index contributed by atoms with van der Waals surface area (Å²) in [6.45, 7) is 0. The van der Waals surface area contributed by atoms with Crippen molar-refractivity contribution in [1.29, 1.82) is 5.26 Å². The fraction of sp³-hybridized carbons (Fsp3) is 0. The lowest BCUT2D eigenvalue weighted by atomic mass is 10.2. The molecule has 0 spiro atoms. The summed E-state index contributed by atoms with van der Waals surface area (Å²) in [6, 6.07) is 6.55. The zero-order chi connectivity index (χ0) is 9.84. The summed E-state index contributed by atoms with van der Waals surface area (Å²) >= 11 is 3.14. The Hall–Kier alpha value is -1.54. The normalized spacial score (nSPS) is 8.92. The smallest absolute Gasteiger partial charge is 0.409 e. The van der Waals surface area contributed by atoms with Crippen LogP contribution in [0.15, 0.2) is 22.7 Å². The van der Waals surface area contributed by atoms with Crippen LogP contribution in [0.5, 0.6) is 0 Å². The van der Waals surface area contributed by atoms with Gasteiger partial charge >= 0.3 is 6.09 Å². The Kier molecular flexibility index (Phi) is 2.88. The number of carbonyl (C=O) groups is 1. The molecule has 0 aromatic heterocycles. The monoisotopic (exact) mass is 240 g/mol. The maximum absolute atomic E-state index is 10.2. The van der Waals surface area contributed by atoms with Crippen LogP contribution in [0.25, 0.3) is 0 Å². The topological polar surface area (TPSA) is 73.1 Å². The summed E-state index contributed by atoms with van der Waals surface area (Å²) in [5, 5.41) is 19.1. The maximum atomic E-state index is 10.2. The Morgan fingerprint density at radius 3 is 2.77 bits per heavy atom. The third kappa shape index (κ3) is 2.46. The van der Waals surface area contributed by atoms with Crippen molar-refractivity contribution in [3.63, 3.8) is 0 Å². The van der Waals surface area contributed by atoms with Gasteiger partial charge in [-0.25, -0.2) is 4.79 Å². The largest absolute Gasteiger partial charge is 0.465 e. The lowest BCUT2D eigenvalue weighted by Gasteiger charge is -2.01. The second kappa shape index (κ2) is 3.92. The standard InChI is InChI=1S/C8H5BrN2O2/c9-7-3-6(11-8(12)13)2-1-5(7)4-10/h1-3,11H,(H,12,13). The third-order valence-electron chi connectivity index (χ3n) is 1.34. The highest BCUT2D eigenvalue weighted by atomic mass is 79.9. The number of nitrogens with zero attached hydrogens (tertiary/aromatic N) is 1. The summed E-state index contributed by atoms with van der Waals surface area (Å²) < 4.78 is 0.571. The number of rotatable bonds is 1. The minimum Gasteiger partial charge on any atom is -0.465 e. The molecule has 0 aliphatic carbocycles. The summed E-state index contributed by atoms with van der Waals surface area (Å²) in [5.74, 6) is 0. The Morgan fingerprint density at radius 2 is 2.31 bits per heavy atom. The molecule has 13 heavy (non-hydrogen) atoms. The first-order valence-electron chi connectivity index (χ1n) is 3.33. The molecule has 0 radical (unpaired) electrons. The van der Waals surface area contributed by atoms with E-state index in [4.69, 9.17) is 10.4 Å². The van der Waals surface area contributed by atoms with E-state index in [-0.39, 0.29) is 0 Å². The van der Waals surface area contributed by atoms with E-state index >= 15 is 0 Å². The molecule has 0 saturated carbocycles. The molecule has 1 rings (SSSR count). The number of hydrogen-bond donors (Lipinski definition) is 2. The number of anilines is 1. The molecule has 0 aliphatic heterocycles. The van der Waals surface area contributed by atoms with Crippen molar-refractivity contribution in [3.05, 3.63) is 28.2 Å². The number of benzene rings is 1. The van der Waals surface area contributed by atoms with Gasteiger partial charge in [-0.3, -0.25) is 5.32 Å². The summed E-state index contributed by atoms with van der Waals surface area (Å²) in [6.07, 6.45) is -1.13. The lowest BCUT2D eigenvalue weighted by molar-refractivity contribution is 0.210. The second-order valence-electron chi connectivity index (χ2n) is 2.24. The van der Waals surface area contributed by atoms with Crippen LogP contribution in [-0.2, 0) is 0 Å². The van der Waals surface area contributed by atoms with Crippen molar-refractivity contribution in [1.82, 2.24) is 0 Å². The van der Waals surface area contributed by atoms with Crippen LogP contribution in [0.3, 0.4) is 0 Å². The van der Waals surface area contributed by atoms with Crippen LogP contribution < -0.4 is 5.32 Å². The number of nitriles is 1. The predicted molar refractivity (Wildman–Crippen MR) is 50.5 cm³/mol. The Morgan fingerprint density at radius 1 is 1.62 bits per heavy atom. The first-order chi connectivity index (χ1) is 6.13. The van der Waals surface area contributed by atoms with Gasteiger partial charge < -0.3 is 5.11 Å². The highest BCUT2D eigenvalue weighted by Crippen LogP contribution is 2.20. The van der Waals surface area contributed by atoms with Gasteiger partial charge in [0.25, 0.3) is 0 Å². The fourth-order valence-electron chi connectivity index (χ4n) is 0.807. The summed E-state index contributed by atoms with van der Waals surface area (Å²) in [4.78, 5) is 10.2. The van der Waals surface area contributed by atoms with Crippen molar-refractivity contribution < 1.29 is 9.90 Å². The third-order valence-corrected chi connectivity index (χ3v) is 2.00. The van der Waals surface area contributed by atoms with E-state index in [0.717, 1.165) is 0 Å². The molecule has 0 unspecified atom stereocenters. The van der Waals surface area contributed by atoms with Gasteiger partial charge in [0.2, 0.25) is 0 Å². The molecule has 0 saturated heterocycles. The van der Waals surface area contributed by atoms with Gasteiger partial charge in [0.1, 0.15) is 6.07 Å². The van der Waals surface area contributed by atoms with Crippen LogP contribution in [0, 0.1) is 11.3 Å². The Bertz CT molecular complexity index is 384. The average Bonchev–Trinajstić information content (AvgIpc) is 2.03. The van der Waals surface area contributed by atoms with Gasteiger partial charge in [-0.05, 0) is 34.1 Å². The van der Waals surface area contributed by atoms with E-state index in [1.807, 2.05) is 6.07 Å². The van der Waals surface area contributed by atoms with Crippen LogP contribution in [0.2, 0.25) is 0 Å². The molecule has 66 valence electrons. The van der Waals surface area contributed by atoms with Crippen molar-refractivity contribution in [2.75, 3.05) is 5.32 Å². The lowest BCUT2D eigenvalue weighted by Crippen LogP contribution is -2.06. The quantitative estimate of drug-likeness (QED) is 0.792. The Balaban J connectivity index is 2.97. The van der Waals surface area contributed by atoms with E-state index in [1.54, 1.807) is 0 Å². The van der Waals surface area contributed by atoms with E-state index < -0.39 is 6.09 Å². The molecule has 4 nitrogen and oxygen atoms in total. The molecule has 1 aromatic rings. The van der Waals surface area contributed by atoms with Crippen LogP contribution in [0.4, 0.5) is 10.5 Å². The molecule has 1 aromatic carbocycles. The molecule has 1 amide bonds. The Labute approximate surface area is 82.9 Å². The first-order valence-corrected chi connectivity index (χ1v) is 4.12. The second-order valence-corrected chi connectivity index (χ2v) is 3.09. The highest BCUT2D eigenvalue weighted by molar-refractivity contribution is 9.10. The molecule has 0 bridgehead atoms. The minimum absolute atomic E-state index is 0.429. The zero-order valence-corrected chi connectivity index (χ0v) is 8.00. The minimum atomic E-state index is -1.13. The van der Waals surface area contributed by atoms with E-state index in [9.17, 15) is 4.79 Å². The van der Waals surface area contributed by atoms with Crippen LogP contribution in [0.1, 0.15) is 5.56 Å². The van der Waals surface area contributed by atoms with E-state index in [0.29, 0.717) is 15.7 Å². The van der Waals surface area contributed by atoms with Crippen LogP contribution in [-0.4, -0.2) is 11.2 Å². The van der Waals surface area contributed by atoms with Gasteiger partial charge in [0.05, 0.1) is 5.56 Å². The van der Waals surface area contributed by atoms with Crippen LogP contribution >= 0.6 is 15.9 Å². The molecule has 5 heteroatoms. The molecule has 0 heterocycles. The zero-order valence-electron chi connectivity index (χ0n) is 6.41. The summed E-state index contributed by atoms with van der Waals surface area (Å²) in [7, 11) is 0. The molecular formula is C8H5BrN2O2. The predicted octanol–water partition coefficient (Wildman–Crippen LogP) is 2.41. The number of halogens is 1. The summed E-state index contributed by atoms with van der Waals surface area (Å²) in [5.41, 5.74) is 0.898. The number of nitrogens with one attached hydrogen (secondary N) is 1. The number of carboxylic acid groups (broad SMARTS) is 1. The SMILES string of the molecule is N#Cc1ccc(NC(=O)O)cc1Br. The molecule has 0 atom stereocenters. The van der Waals surface area contributed by atoms with E-state index in [1.165, 1.54) is 18.2 Å². The molecule has 0 aliphatic rings. The van der Waals surface area contributed by atoms with Crippen molar-refractivity contribution in [2.45, 2.75) is 0 Å². The number of amides is 1. The van der Waals surface area contributed by atoms with Gasteiger partial charge in [0.15, 0.2) is 0 Å². The van der Waals surface area contributed by atoms with Crippen molar-refractivity contribution in [2.24, 2.45) is 0 Å². The maximum Gasteiger partial charge on any atom is 0.409 e. The first kappa shape index (κ1) is 9.55. The van der Waals surface area contributed by atoms with Crippen molar-refractivity contribution in [3.8, 4) is 6.07 Å². The molecule has 0 fully saturated rings. The van der Waals surface area contributed by atoms with Gasteiger partial charge in [-0.15, -0.1) is 0 Å². The average molecular weight is 241 g/mol. The van der Waals surface area contributed by atoms with Gasteiger partial charge in [-0.1, -0.05) is 0 Å². The highest BCUT2D eigenvalue weighted by Gasteiger charge is 2.02. The molecule has 2 N–H and O–H groups in total. The molecular weight excluding hydrogens is 236 g/mol. The van der Waals surface area contributed by atoms with Gasteiger partial charge in [-0.2, -0.15) is 5.26 Å². The fourth-order valence-corrected chi connectivity index (χ4v) is 1.27. The van der Waals surface area contributed by atoms with E-state index in [2.05, 4.69) is 21.2 Å². The van der Waals surface area contributed by atoms with Gasteiger partial charge in [0, 0.05) is 10.2 Å².